The van der Waals surface area contributed by atoms with E-state index in [-0.39, 0.29) is 22.7 Å². The van der Waals surface area contributed by atoms with Crippen LogP contribution in [0.3, 0.4) is 0 Å². The molecule has 10 nitrogen and oxygen atoms in total. The second kappa shape index (κ2) is 19.7. The molecule has 55 heavy (non-hydrogen) atoms. The zero-order chi connectivity index (χ0) is 40.4. The van der Waals surface area contributed by atoms with Crippen LogP contribution in [-0.4, -0.2) is 126 Å². The molecule has 2 aromatic rings. The second-order valence-electron chi connectivity index (χ2n) is 14.7. The Hall–Kier alpha value is -2.64. The molecule has 0 atom stereocenters. The molecule has 4 aliphatic rings. The van der Waals surface area contributed by atoms with E-state index in [1.165, 1.54) is 30.5 Å². The number of ether oxygens (including phenoxy) is 2. The van der Waals surface area contributed by atoms with Gasteiger partial charge in [-0.15, -0.1) is 0 Å². The standard InChI is InChI=1S/C18H25F3N2O3S.C12H14F3NO.C7H15NO2S/c1-22-10-8-17(9-11-22)27(24,25)23-12-6-16(7-13-23)26-15-4-2-14(3-5-15)18(19,20)21;13-12(14,15)9-1-3-10(4-2-9)17-11-5-7-16-8-6-11;1-8-5-3-7(4-6-8)11(2,9)10/h2-5,16-17H,6-13H2,1H3;1-4,11,16H,5-8H2;7H,3-6H2,1-2H3. The van der Waals surface area contributed by atoms with Gasteiger partial charge in [0.15, 0.2) is 0 Å². The summed E-state index contributed by atoms with van der Waals surface area (Å²) in [7, 11) is -2.06. The first-order chi connectivity index (χ1) is 25.7. The zero-order valence-electron chi connectivity index (χ0n) is 31.6. The van der Waals surface area contributed by atoms with Crippen LogP contribution in [0.4, 0.5) is 26.3 Å². The fourth-order valence-corrected chi connectivity index (χ4v) is 9.87. The van der Waals surface area contributed by atoms with Gasteiger partial charge in [-0.05, 0) is 153 Å². The number of piperidine rings is 4. The minimum atomic E-state index is -4.37. The predicted molar refractivity (Wildman–Crippen MR) is 199 cm³/mol. The highest BCUT2D eigenvalue weighted by atomic mass is 32.2. The molecule has 0 spiro atoms. The summed E-state index contributed by atoms with van der Waals surface area (Å²) in [6.45, 7) is 5.97. The molecule has 6 rings (SSSR count). The third-order valence-electron chi connectivity index (χ3n) is 10.4. The average molecular weight is 829 g/mol. The summed E-state index contributed by atoms with van der Waals surface area (Å²) < 4.78 is 135. The Morgan fingerprint density at radius 1 is 0.564 bits per heavy atom. The minimum Gasteiger partial charge on any atom is -0.490 e. The van der Waals surface area contributed by atoms with Gasteiger partial charge < -0.3 is 24.6 Å². The first kappa shape index (κ1) is 45.1. The molecule has 0 amide bonds. The number of nitrogens with one attached hydrogen (secondary N) is 1. The molecule has 0 saturated carbocycles. The van der Waals surface area contributed by atoms with Crippen LogP contribution in [0, 0.1) is 0 Å². The summed E-state index contributed by atoms with van der Waals surface area (Å²) in [5, 5.41) is 2.80. The van der Waals surface area contributed by atoms with E-state index in [1.54, 1.807) is 4.31 Å². The van der Waals surface area contributed by atoms with Gasteiger partial charge in [0.2, 0.25) is 10.0 Å². The molecular weight excluding hydrogens is 775 g/mol. The SMILES string of the molecule is CN1CCC(S(=O)(=O)N2CCC(Oc3ccc(C(F)(F)F)cc3)CC2)CC1.CN1CCC(S(C)(=O)=O)CC1.FC(F)(F)c1ccc(OC2CCNCC2)cc1. The summed E-state index contributed by atoms with van der Waals surface area (Å²) >= 11 is 0. The molecule has 4 heterocycles. The lowest BCUT2D eigenvalue weighted by atomic mass is 10.1. The van der Waals surface area contributed by atoms with Gasteiger partial charge in [-0.25, -0.2) is 21.1 Å². The number of halogens is 6. The Labute approximate surface area is 321 Å². The molecule has 0 bridgehead atoms. The fourth-order valence-electron chi connectivity index (χ4n) is 6.85. The maximum Gasteiger partial charge on any atom is 0.416 e. The van der Waals surface area contributed by atoms with Crippen LogP contribution in [0.25, 0.3) is 0 Å². The van der Waals surface area contributed by atoms with Crippen molar-refractivity contribution >= 4 is 19.9 Å². The van der Waals surface area contributed by atoms with E-state index in [2.05, 4.69) is 15.1 Å². The van der Waals surface area contributed by atoms with Gasteiger partial charge in [0.25, 0.3) is 0 Å². The van der Waals surface area contributed by atoms with Gasteiger partial charge >= 0.3 is 12.4 Å². The monoisotopic (exact) mass is 828 g/mol. The lowest BCUT2D eigenvalue weighted by Crippen LogP contribution is -2.48. The van der Waals surface area contributed by atoms with E-state index in [0.717, 1.165) is 89.2 Å². The number of rotatable bonds is 7. The van der Waals surface area contributed by atoms with Crippen molar-refractivity contribution in [2.75, 3.05) is 72.7 Å². The van der Waals surface area contributed by atoms with Gasteiger partial charge in [0.05, 0.1) is 21.6 Å². The van der Waals surface area contributed by atoms with E-state index in [9.17, 15) is 43.2 Å². The predicted octanol–water partition coefficient (Wildman–Crippen LogP) is 5.93. The van der Waals surface area contributed by atoms with Crippen molar-refractivity contribution in [3.8, 4) is 11.5 Å². The zero-order valence-corrected chi connectivity index (χ0v) is 33.3. The Morgan fingerprint density at radius 2 is 0.927 bits per heavy atom. The third kappa shape index (κ3) is 14.4. The summed E-state index contributed by atoms with van der Waals surface area (Å²) in [5.74, 6) is 0.879. The maximum atomic E-state index is 12.8. The highest BCUT2D eigenvalue weighted by Crippen LogP contribution is 2.32. The topological polar surface area (TPSA) is 108 Å². The number of hydrogen-bond donors (Lipinski definition) is 1. The molecule has 4 aliphatic heterocycles. The van der Waals surface area contributed by atoms with Crippen LogP contribution < -0.4 is 14.8 Å². The molecule has 4 fully saturated rings. The minimum absolute atomic E-state index is 0.0845. The quantitative estimate of drug-likeness (QED) is 0.340. The van der Waals surface area contributed by atoms with Gasteiger partial charge in [-0.3, -0.25) is 0 Å². The molecule has 1 N–H and O–H groups in total. The molecule has 0 aliphatic carbocycles. The first-order valence-electron chi connectivity index (χ1n) is 18.7. The Kier molecular flexibility index (Phi) is 16.1. The van der Waals surface area contributed by atoms with Crippen LogP contribution in [0.2, 0.25) is 0 Å². The maximum absolute atomic E-state index is 12.8. The largest absolute Gasteiger partial charge is 0.490 e. The van der Waals surface area contributed by atoms with Gasteiger partial charge in [0.1, 0.15) is 33.5 Å². The summed E-state index contributed by atoms with van der Waals surface area (Å²) in [6.07, 6.45) is -1.64. The molecule has 4 saturated heterocycles. The summed E-state index contributed by atoms with van der Waals surface area (Å²) in [5.41, 5.74) is -1.36. The lowest BCUT2D eigenvalue weighted by molar-refractivity contribution is -0.138. The summed E-state index contributed by atoms with van der Waals surface area (Å²) in [6, 6.07) is 9.47. The first-order valence-corrected chi connectivity index (χ1v) is 22.1. The third-order valence-corrected chi connectivity index (χ3v) is 14.5. The van der Waals surface area contributed by atoms with Crippen LogP contribution in [-0.2, 0) is 32.2 Å². The van der Waals surface area contributed by atoms with E-state index in [4.69, 9.17) is 9.47 Å². The van der Waals surface area contributed by atoms with Gasteiger partial charge in [-0.1, -0.05) is 0 Å². The Balaban J connectivity index is 0.000000204. The van der Waals surface area contributed by atoms with Crippen molar-refractivity contribution in [1.82, 2.24) is 19.4 Å². The van der Waals surface area contributed by atoms with Crippen LogP contribution in [0.1, 0.15) is 62.5 Å². The molecule has 0 radical (unpaired) electrons. The normalized spacial score (nSPS) is 21.2. The molecule has 312 valence electrons. The molecular formula is C37H54F6N4O6S2. The average Bonchev–Trinajstić information content (AvgIpc) is 3.13. The van der Waals surface area contributed by atoms with Gasteiger partial charge in [0, 0.05) is 19.3 Å². The molecule has 0 aromatic heterocycles. The number of benzene rings is 2. The van der Waals surface area contributed by atoms with Crippen LogP contribution >= 0.6 is 0 Å². The van der Waals surface area contributed by atoms with Crippen LogP contribution in [0.5, 0.6) is 11.5 Å². The van der Waals surface area contributed by atoms with E-state index < -0.39 is 43.3 Å². The fraction of sp³-hybridized carbons (Fsp3) is 0.676. The van der Waals surface area contributed by atoms with E-state index >= 15 is 0 Å². The molecule has 2 aromatic carbocycles. The van der Waals surface area contributed by atoms with E-state index in [0.29, 0.717) is 50.3 Å². The number of alkyl halides is 6. The number of likely N-dealkylation sites (tertiary alicyclic amines) is 2. The van der Waals surface area contributed by atoms with Crippen molar-refractivity contribution in [2.45, 2.75) is 86.4 Å². The van der Waals surface area contributed by atoms with E-state index in [1.807, 2.05) is 14.1 Å². The van der Waals surface area contributed by atoms with Crippen molar-refractivity contribution in [3.05, 3.63) is 59.7 Å². The van der Waals surface area contributed by atoms with Crippen molar-refractivity contribution < 1.29 is 52.7 Å². The Bertz CT molecular complexity index is 1670. The highest BCUT2D eigenvalue weighted by Gasteiger charge is 2.37. The smallest absolute Gasteiger partial charge is 0.416 e. The Morgan fingerprint density at radius 3 is 1.29 bits per heavy atom. The van der Waals surface area contributed by atoms with Crippen molar-refractivity contribution in [3.63, 3.8) is 0 Å². The number of sulfonamides is 1. The lowest BCUT2D eigenvalue weighted by Gasteiger charge is -2.36. The van der Waals surface area contributed by atoms with Crippen molar-refractivity contribution in [1.29, 1.82) is 0 Å². The van der Waals surface area contributed by atoms with Crippen molar-refractivity contribution in [2.24, 2.45) is 0 Å². The molecule has 18 heteroatoms. The van der Waals surface area contributed by atoms with Gasteiger partial charge in [-0.2, -0.15) is 26.3 Å². The summed E-state index contributed by atoms with van der Waals surface area (Å²) in [4.78, 5) is 4.30. The number of hydrogen-bond acceptors (Lipinski definition) is 9. The number of sulfone groups is 1. The van der Waals surface area contributed by atoms with Crippen LogP contribution in [0.15, 0.2) is 48.5 Å². The number of nitrogens with zero attached hydrogens (tertiary/aromatic N) is 3. The highest BCUT2D eigenvalue weighted by molar-refractivity contribution is 7.91. The molecule has 0 unspecified atom stereocenters. The second-order valence-corrected chi connectivity index (χ2v) is 19.2.